The van der Waals surface area contributed by atoms with Crippen molar-refractivity contribution in [3.05, 3.63) is 68.5 Å². The van der Waals surface area contributed by atoms with E-state index in [1.165, 1.54) is 21.1 Å². The highest BCUT2D eigenvalue weighted by atomic mass is 32.2. The number of ether oxygens (including phenoxy) is 2. The van der Waals surface area contributed by atoms with E-state index < -0.39 is 0 Å². The van der Waals surface area contributed by atoms with E-state index >= 15 is 0 Å². The van der Waals surface area contributed by atoms with E-state index in [4.69, 9.17) is 26.7 Å². The van der Waals surface area contributed by atoms with Crippen LogP contribution in [0.2, 0.25) is 0 Å². The topological polar surface area (TPSA) is 85.2 Å². The predicted octanol–water partition coefficient (Wildman–Crippen LogP) is 4.74. The molecule has 1 N–H and O–H groups in total. The summed E-state index contributed by atoms with van der Waals surface area (Å²) in [5, 5.41) is 3.31. The molecule has 8 nitrogen and oxygen atoms in total. The Morgan fingerprint density at radius 3 is 2.83 bits per heavy atom. The first kappa shape index (κ1) is 24.3. The number of unbranched alkanes of at least 4 members (excludes halogenated alkanes) is 2. The third kappa shape index (κ3) is 4.83. The fourth-order valence-electron chi connectivity index (χ4n) is 4.09. The molecule has 10 heteroatoms. The summed E-state index contributed by atoms with van der Waals surface area (Å²) in [4.78, 5) is 33.5. The molecule has 1 aromatic carbocycles. The van der Waals surface area contributed by atoms with Crippen molar-refractivity contribution >= 4 is 51.7 Å². The van der Waals surface area contributed by atoms with Gasteiger partial charge in [-0.05, 0) is 48.7 Å². The van der Waals surface area contributed by atoms with Crippen LogP contribution in [-0.2, 0) is 11.3 Å². The number of aromatic nitrogens is 2. The maximum absolute atomic E-state index is 13.5. The second-order valence-electron chi connectivity index (χ2n) is 8.70. The minimum atomic E-state index is -0.242. The summed E-state index contributed by atoms with van der Waals surface area (Å²) in [5.41, 5.74) is 2.48. The van der Waals surface area contributed by atoms with E-state index in [0.29, 0.717) is 50.8 Å². The molecule has 0 radical (unpaired) electrons. The first-order valence-corrected chi connectivity index (χ1v) is 13.1. The first-order valence-electron chi connectivity index (χ1n) is 11.9. The van der Waals surface area contributed by atoms with Crippen molar-refractivity contribution in [2.24, 2.45) is 0 Å². The van der Waals surface area contributed by atoms with Crippen LogP contribution in [0.15, 0.2) is 46.2 Å². The van der Waals surface area contributed by atoms with Gasteiger partial charge in [0.2, 0.25) is 6.79 Å². The van der Waals surface area contributed by atoms with Crippen molar-refractivity contribution < 1.29 is 14.3 Å². The molecule has 186 valence electrons. The van der Waals surface area contributed by atoms with Crippen LogP contribution < -0.4 is 20.3 Å². The molecule has 1 amide bonds. The van der Waals surface area contributed by atoms with Crippen LogP contribution in [0, 0.1) is 6.92 Å². The highest BCUT2D eigenvalue weighted by molar-refractivity contribution is 8.26. The van der Waals surface area contributed by atoms with Crippen molar-refractivity contribution in [2.75, 3.05) is 18.7 Å². The average Bonchev–Trinajstić information content (AvgIpc) is 3.44. The number of amides is 1. The van der Waals surface area contributed by atoms with Gasteiger partial charge < -0.3 is 14.8 Å². The summed E-state index contributed by atoms with van der Waals surface area (Å²) < 4.78 is 12.8. The van der Waals surface area contributed by atoms with Crippen LogP contribution in [0.3, 0.4) is 0 Å². The molecule has 0 bridgehead atoms. The Hall–Kier alpha value is -3.37. The van der Waals surface area contributed by atoms with Gasteiger partial charge in [0.05, 0.1) is 17.0 Å². The number of hydrogen-bond acceptors (Lipinski definition) is 8. The van der Waals surface area contributed by atoms with Crippen LogP contribution in [0.25, 0.3) is 11.7 Å². The summed E-state index contributed by atoms with van der Waals surface area (Å²) in [6.45, 7) is 5.24. The number of rotatable bonds is 8. The number of carbonyl (C=O) groups excluding carboxylic acids is 1. The Balaban J connectivity index is 1.47. The standard InChI is InChI=1S/C26H26N4O4S2/c1-3-4-5-10-27-23-18(24(31)29-13-16(2)6-9-22(29)28-23)12-21-25(32)30(26(35)36-21)14-17-7-8-19-20(11-17)34-15-33-19/h6-9,11-13,27H,3-5,10,14-15H2,1-2H3. The van der Waals surface area contributed by atoms with Crippen molar-refractivity contribution in [1.29, 1.82) is 0 Å². The maximum Gasteiger partial charge on any atom is 0.267 e. The summed E-state index contributed by atoms with van der Waals surface area (Å²) in [7, 11) is 0. The zero-order chi connectivity index (χ0) is 25.2. The minimum Gasteiger partial charge on any atom is -0.454 e. The fraction of sp³-hybridized carbons (Fsp3) is 0.308. The van der Waals surface area contributed by atoms with Gasteiger partial charge in [0.25, 0.3) is 11.5 Å². The third-order valence-corrected chi connectivity index (χ3v) is 7.38. The first-order chi connectivity index (χ1) is 17.4. The Labute approximate surface area is 218 Å². The molecule has 0 spiro atoms. The van der Waals surface area contributed by atoms with Gasteiger partial charge in [0, 0.05) is 12.7 Å². The minimum absolute atomic E-state index is 0.187. The Morgan fingerprint density at radius 1 is 1.17 bits per heavy atom. The number of hydrogen-bond donors (Lipinski definition) is 1. The van der Waals surface area contributed by atoms with Gasteiger partial charge in [-0.3, -0.25) is 18.9 Å². The largest absolute Gasteiger partial charge is 0.454 e. The molecule has 2 aromatic heterocycles. The predicted molar refractivity (Wildman–Crippen MR) is 145 cm³/mol. The van der Waals surface area contributed by atoms with Crippen molar-refractivity contribution in [1.82, 2.24) is 14.3 Å². The summed E-state index contributed by atoms with van der Waals surface area (Å²) in [6, 6.07) is 9.30. The highest BCUT2D eigenvalue weighted by Crippen LogP contribution is 2.36. The molecule has 1 saturated heterocycles. The lowest BCUT2D eigenvalue weighted by Crippen LogP contribution is -2.27. The lowest BCUT2D eigenvalue weighted by molar-refractivity contribution is -0.122. The molecule has 3 aromatic rings. The van der Waals surface area contributed by atoms with Gasteiger partial charge >= 0.3 is 0 Å². The number of nitrogens with one attached hydrogen (secondary N) is 1. The van der Waals surface area contributed by atoms with Crippen LogP contribution in [0.4, 0.5) is 5.82 Å². The number of thioether (sulfide) groups is 1. The van der Waals surface area contributed by atoms with E-state index in [1.54, 1.807) is 12.3 Å². The van der Waals surface area contributed by atoms with Crippen LogP contribution in [0.5, 0.6) is 11.5 Å². The highest BCUT2D eigenvalue weighted by Gasteiger charge is 2.33. The van der Waals surface area contributed by atoms with Gasteiger partial charge in [0.15, 0.2) is 11.5 Å². The van der Waals surface area contributed by atoms with Crippen LogP contribution in [0.1, 0.15) is 42.9 Å². The van der Waals surface area contributed by atoms with Crippen LogP contribution in [-0.4, -0.2) is 37.8 Å². The number of thiocarbonyl (C=S) groups is 1. The van der Waals surface area contributed by atoms with E-state index in [0.717, 1.165) is 30.4 Å². The molecule has 36 heavy (non-hydrogen) atoms. The number of carbonyl (C=O) groups is 1. The zero-order valence-electron chi connectivity index (χ0n) is 20.1. The summed E-state index contributed by atoms with van der Waals surface area (Å²) in [6.07, 6.45) is 6.50. The molecule has 0 unspecified atom stereocenters. The molecule has 4 heterocycles. The molecule has 0 aliphatic carbocycles. The molecular weight excluding hydrogens is 496 g/mol. The van der Waals surface area contributed by atoms with Crippen molar-refractivity contribution in [2.45, 2.75) is 39.7 Å². The van der Waals surface area contributed by atoms with Crippen molar-refractivity contribution in [3.63, 3.8) is 0 Å². The number of fused-ring (bicyclic) bond motifs is 2. The van der Waals surface area contributed by atoms with Gasteiger partial charge in [-0.15, -0.1) is 0 Å². The van der Waals surface area contributed by atoms with E-state index in [1.807, 2.05) is 37.3 Å². The average molecular weight is 523 g/mol. The van der Waals surface area contributed by atoms with Gasteiger partial charge in [-0.2, -0.15) is 0 Å². The maximum atomic E-state index is 13.5. The molecule has 2 aliphatic rings. The fourth-order valence-corrected chi connectivity index (χ4v) is 5.33. The molecule has 1 fully saturated rings. The smallest absolute Gasteiger partial charge is 0.267 e. The SMILES string of the molecule is CCCCCNc1nc2ccc(C)cn2c(=O)c1C=C1SC(=S)N(Cc2ccc3c(c2)OCO3)C1=O. The summed E-state index contributed by atoms with van der Waals surface area (Å²) in [5.74, 6) is 1.56. The monoisotopic (exact) mass is 522 g/mol. The van der Waals surface area contributed by atoms with Crippen molar-refractivity contribution in [3.8, 4) is 11.5 Å². The molecule has 0 atom stereocenters. The number of pyridine rings is 1. The quantitative estimate of drug-likeness (QED) is 0.258. The van der Waals surface area contributed by atoms with Crippen LogP contribution >= 0.6 is 24.0 Å². The second-order valence-corrected chi connectivity index (χ2v) is 10.4. The van der Waals surface area contributed by atoms with Gasteiger partial charge in [-0.25, -0.2) is 4.98 Å². The number of anilines is 1. The second kappa shape index (κ2) is 10.3. The van der Waals surface area contributed by atoms with E-state index in [9.17, 15) is 9.59 Å². The van der Waals surface area contributed by atoms with Gasteiger partial charge in [-0.1, -0.05) is 55.9 Å². The number of benzene rings is 1. The Bertz CT molecular complexity index is 1450. The lowest BCUT2D eigenvalue weighted by Gasteiger charge is -2.15. The van der Waals surface area contributed by atoms with E-state index in [-0.39, 0.29) is 18.3 Å². The molecule has 5 rings (SSSR count). The van der Waals surface area contributed by atoms with E-state index in [2.05, 4.69) is 12.2 Å². The normalized spacial score (nSPS) is 15.9. The molecule has 0 saturated carbocycles. The Morgan fingerprint density at radius 2 is 2.00 bits per heavy atom. The Kier molecular flexibility index (Phi) is 6.97. The lowest BCUT2D eigenvalue weighted by atomic mass is 10.2. The summed E-state index contributed by atoms with van der Waals surface area (Å²) >= 11 is 6.71. The molecule has 2 aliphatic heterocycles. The number of nitrogens with zero attached hydrogens (tertiary/aromatic N) is 3. The molecular formula is C26H26N4O4S2. The van der Waals surface area contributed by atoms with Gasteiger partial charge in [0.1, 0.15) is 15.8 Å². The third-order valence-electron chi connectivity index (χ3n) is 6.00. The zero-order valence-corrected chi connectivity index (χ0v) is 21.7. The number of aryl methyl sites for hydroxylation is 1.